The molecule has 7 atom stereocenters. The highest BCUT2D eigenvalue weighted by atomic mass is 16.6. The van der Waals surface area contributed by atoms with E-state index in [0.717, 1.165) is 6.08 Å². The summed E-state index contributed by atoms with van der Waals surface area (Å²) in [5, 5.41) is 13.7. The lowest BCUT2D eigenvalue weighted by molar-refractivity contribution is -0.120. The third-order valence-electron chi connectivity index (χ3n) is 7.04. The number of nitrogens with one attached hydrogen (secondary N) is 1. The Labute approximate surface area is 234 Å². The maximum absolute atomic E-state index is 13.3. The summed E-state index contributed by atoms with van der Waals surface area (Å²) in [6.07, 6.45) is 3.68. The van der Waals surface area contributed by atoms with Gasteiger partial charge in [0.25, 0.3) is 5.91 Å². The van der Waals surface area contributed by atoms with E-state index < -0.39 is 60.0 Å². The number of carbonyl (C=O) groups is 4. The van der Waals surface area contributed by atoms with Gasteiger partial charge in [-0.1, -0.05) is 38.2 Å². The molecule has 0 fully saturated rings. The van der Waals surface area contributed by atoms with Crippen LogP contribution >= 0.6 is 0 Å². The molecule has 4 N–H and O–H groups in total. The first kappa shape index (κ1) is 32.8. The fraction of sp³-hybridized carbons (Fsp3) is 0.517. The van der Waals surface area contributed by atoms with Crippen molar-refractivity contribution in [2.45, 2.75) is 64.6 Å². The van der Waals surface area contributed by atoms with Crippen LogP contribution in [0.2, 0.25) is 0 Å². The second-order valence-electron chi connectivity index (χ2n) is 10.0. The molecule has 2 rings (SSSR count). The second-order valence-corrected chi connectivity index (χ2v) is 10.0. The summed E-state index contributed by atoms with van der Waals surface area (Å²) in [4.78, 5) is 50.4. The molecule has 11 nitrogen and oxygen atoms in total. The van der Waals surface area contributed by atoms with E-state index in [4.69, 9.17) is 24.7 Å². The number of allylic oxidation sites excluding steroid dienone is 5. The van der Waals surface area contributed by atoms with Crippen molar-refractivity contribution < 1.29 is 43.2 Å². The molecule has 0 aromatic rings. The highest BCUT2D eigenvalue weighted by Crippen LogP contribution is 2.29. The smallest absolute Gasteiger partial charge is 0.405 e. The summed E-state index contributed by atoms with van der Waals surface area (Å²) in [5.74, 6) is -2.44. The molecule has 0 spiro atoms. The molecule has 2 bridgehead atoms. The number of amides is 2. The number of hydrogen-bond donors (Lipinski definition) is 3. The molecule has 11 heteroatoms. The van der Waals surface area contributed by atoms with Crippen LogP contribution in [0.25, 0.3) is 0 Å². The van der Waals surface area contributed by atoms with E-state index in [-0.39, 0.29) is 29.2 Å². The van der Waals surface area contributed by atoms with Crippen molar-refractivity contribution in [1.29, 1.82) is 0 Å². The first-order valence-electron chi connectivity index (χ1n) is 12.9. The number of nitrogens with two attached hydrogens (primary N) is 1. The van der Waals surface area contributed by atoms with Crippen molar-refractivity contribution in [2.24, 2.45) is 17.6 Å². The van der Waals surface area contributed by atoms with Crippen LogP contribution in [0.3, 0.4) is 0 Å². The monoisotopic (exact) mass is 560 g/mol. The molecule has 2 aliphatic rings. The van der Waals surface area contributed by atoms with Gasteiger partial charge in [0.15, 0.2) is 11.9 Å². The van der Waals surface area contributed by atoms with Crippen LogP contribution in [0.5, 0.6) is 0 Å². The molecule has 220 valence electrons. The van der Waals surface area contributed by atoms with E-state index in [2.05, 4.69) is 5.32 Å². The molecule has 0 aromatic carbocycles. The third kappa shape index (κ3) is 8.31. The van der Waals surface area contributed by atoms with Crippen LogP contribution in [0.15, 0.2) is 58.9 Å². The zero-order valence-electron chi connectivity index (χ0n) is 24.0. The molecular formula is C29H40N2O9. The van der Waals surface area contributed by atoms with Crippen molar-refractivity contribution in [3.05, 3.63) is 58.9 Å². The molecule has 0 radical (unpaired) electrons. The van der Waals surface area contributed by atoms with Gasteiger partial charge >= 0.3 is 6.09 Å². The zero-order valence-corrected chi connectivity index (χ0v) is 24.0. The molecule has 2 amide bonds. The number of ketones is 2. The minimum absolute atomic E-state index is 0.0970. The van der Waals surface area contributed by atoms with Crippen molar-refractivity contribution in [3.63, 3.8) is 0 Å². The average Bonchev–Trinajstić information content (AvgIpc) is 2.90. The molecule has 1 heterocycles. The van der Waals surface area contributed by atoms with Crippen LogP contribution in [-0.2, 0) is 33.3 Å². The first-order chi connectivity index (χ1) is 18.8. The van der Waals surface area contributed by atoms with Gasteiger partial charge in [-0.25, -0.2) is 4.79 Å². The van der Waals surface area contributed by atoms with Gasteiger partial charge in [0, 0.05) is 44.5 Å². The number of primary amides is 1. The molecule has 1 aliphatic carbocycles. The average molecular weight is 561 g/mol. The van der Waals surface area contributed by atoms with Crippen LogP contribution in [0.4, 0.5) is 4.79 Å². The Bertz CT molecular complexity index is 1130. The normalized spacial score (nSPS) is 34.4. The van der Waals surface area contributed by atoms with E-state index in [9.17, 15) is 24.3 Å². The van der Waals surface area contributed by atoms with Gasteiger partial charge in [-0.05, 0) is 37.8 Å². The SMILES string of the molecule is CO[C@@H]1/C=C/C=C(/C)C(=O)NC2=CC(=O)C=C(C2=O)[C@H](OC)[C@@H](C)C[C@@H](OC)[C@@H](O)[C@H](C)/C=C(\C)[C@H]1OC(N)=O. The van der Waals surface area contributed by atoms with Crippen molar-refractivity contribution in [2.75, 3.05) is 21.3 Å². The maximum Gasteiger partial charge on any atom is 0.405 e. The Kier molecular flexibility index (Phi) is 12.2. The minimum Gasteiger partial charge on any atom is -0.439 e. The summed E-state index contributed by atoms with van der Waals surface area (Å²) in [6.45, 7) is 6.86. The molecule has 40 heavy (non-hydrogen) atoms. The second kappa shape index (κ2) is 14.8. The Balaban J connectivity index is 2.62. The standard InChI is InChI=1S/C29H40N2O9/c1-15-9-8-10-22(37-5)27(40-29(30)36)17(3)11-16(2)24(33)23(38-6)12-18(4)26(39-7)20-13-19(32)14-21(25(20)34)31-28(15)35/h8-11,13-14,16,18,22-24,26-27,33H,12H2,1-7H3,(H2,30,36)(H,31,35)/b10-8+,15-9-,17-11+/t16-,18+,22-,23-,24+,26-,27-/m1/s1. The van der Waals surface area contributed by atoms with E-state index in [1.165, 1.54) is 46.5 Å². The van der Waals surface area contributed by atoms with Gasteiger partial charge in [0.1, 0.15) is 6.10 Å². The Morgan fingerprint density at radius 2 is 1.70 bits per heavy atom. The van der Waals surface area contributed by atoms with Gasteiger partial charge in [-0.15, -0.1) is 0 Å². The third-order valence-corrected chi connectivity index (χ3v) is 7.04. The predicted octanol–water partition coefficient (Wildman–Crippen LogP) is 2.06. The zero-order chi connectivity index (χ0) is 30.1. The van der Waals surface area contributed by atoms with Gasteiger partial charge in [-0.3, -0.25) is 14.4 Å². The largest absolute Gasteiger partial charge is 0.439 e. The molecule has 0 saturated carbocycles. The number of aliphatic hydroxyl groups excluding tert-OH is 1. The molecule has 0 unspecified atom stereocenters. The highest BCUT2D eigenvalue weighted by Gasteiger charge is 2.35. The Hall–Kier alpha value is -3.38. The van der Waals surface area contributed by atoms with Crippen LogP contribution in [0.1, 0.15) is 34.1 Å². The number of ether oxygens (including phenoxy) is 4. The summed E-state index contributed by atoms with van der Waals surface area (Å²) in [5.41, 5.74) is 6.06. The van der Waals surface area contributed by atoms with Crippen molar-refractivity contribution in [3.8, 4) is 0 Å². The summed E-state index contributed by atoms with van der Waals surface area (Å²) >= 11 is 0. The lowest BCUT2D eigenvalue weighted by Gasteiger charge is -2.32. The van der Waals surface area contributed by atoms with Crippen molar-refractivity contribution in [1.82, 2.24) is 5.32 Å². The van der Waals surface area contributed by atoms with Crippen LogP contribution in [-0.4, -0.2) is 80.5 Å². The fourth-order valence-electron chi connectivity index (χ4n) is 4.86. The fourth-order valence-corrected chi connectivity index (χ4v) is 4.86. The number of carbonyl (C=O) groups excluding carboxylic acids is 4. The Morgan fingerprint density at radius 3 is 2.27 bits per heavy atom. The van der Waals surface area contributed by atoms with Gasteiger partial charge < -0.3 is 35.1 Å². The Morgan fingerprint density at radius 1 is 1.02 bits per heavy atom. The molecule has 0 saturated heterocycles. The van der Waals surface area contributed by atoms with Gasteiger partial charge in [-0.2, -0.15) is 0 Å². The lowest BCUT2D eigenvalue weighted by atomic mass is 9.84. The van der Waals surface area contributed by atoms with Crippen LogP contribution < -0.4 is 11.1 Å². The van der Waals surface area contributed by atoms with E-state index in [0.29, 0.717) is 5.57 Å². The molecule has 1 aliphatic heterocycles. The van der Waals surface area contributed by atoms with E-state index in [1.54, 1.807) is 26.0 Å². The number of methoxy groups -OCH3 is 3. The van der Waals surface area contributed by atoms with E-state index >= 15 is 0 Å². The topological polar surface area (TPSA) is 163 Å². The van der Waals surface area contributed by atoms with Crippen molar-refractivity contribution >= 4 is 23.6 Å². The number of aliphatic hydroxyl groups is 1. The summed E-state index contributed by atoms with van der Waals surface area (Å²) in [6, 6.07) is 0. The van der Waals surface area contributed by atoms with Gasteiger partial charge in [0.2, 0.25) is 5.78 Å². The lowest BCUT2D eigenvalue weighted by Crippen LogP contribution is -2.40. The molecule has 0 aromatic heterocycles. The number of hydrogen-bond acceptors (Lipinski definition) is 9. The first-order valence-corrected chi connectivity index (χ1v) is 12.9. The summed E-state index contributed by atoms with van der Waals surface area (Å²) in [7, 11) is 4.31. The van der Waals surface area contributed by atoms with E-state index in [1.807, 2.05) is 6.92 Å². The predicted molar refractivity (Wildman–Crippen MR) is 147 cm³/mol. The number of Topliss-reactive ketones (excluding diaryl/α,β-unsaturated/α-hetero) is 1. The summed E-state index contributed by atoms with van der Waals surface area (Å²) < 4.78 is 22.1. The number of fused-ring (bicyclic) bond motifs is 2. The highest BCUT2D eigenvalue weighted by molar-refractivity contribution is 6.22. The molecular weight excluding hydrogens is 520 g/mol. The number of rotatable bonds is 4. The minimum atomic E-state index is -1.01. The van der Waals surface area contributed by atoms with Gasteiger partial charge in [0.05, 0.1) is 24.0 Å². The quantitative estimate of drug-likeness (QED) is 0.345. The maximum atomic E-state index is 13.3. The van der Waals surface area contributed by atoms with Crippen LogP contribution in [0, 0.1) is 11.8 Å².